The molecule has 0 aromatic carbocycles. The highest BCUT2D eigenvalue weighted by Crippen LogP contribution is 2.46. The summed E-state index contributed by atoms with van der Waals surface area (Å²) in [5, 5.41) is 8.79. The van der Waals surface area contributed by atoms with Crippen LogP contribution in [0, 0.1) is 5.92 Å². The first-order valence-corrected chi connectivity index (χ1v) is 4.64. The lowest BCUT2D eigenvalue weighted by atomic mass is 10.3. The third-order valence-corrected chi connectivity index (χ3v) is 2.64. The molecule has 1 fully saturated rings. The summed E-state index contributed by atoms with van der Waals surface area (Å²) in [6.45, 7) is 0. The molecule has 0 aliphatic heterocycles. The molecule has 0 bridgehead atoms. The van der Waals surface area contributed by atoms with Crippen LogP contribution in [0.5, 0.6) is 0 Å². The van der Waals surface area contributed by atoms with E-state index in [0.29, 0.717) is 17.9 Å². The molecule has 0 saturated heterocycles. The summed E-state index contributed by atoms with van der Waals surface area (Å²) in [5.74, 6) is -0.334. The number of H-pyrrole nitrogens is 1. The highest BCUT2D eigenvalue weighted by Gasteiger charge is 2.46. The van der Waals surface area contributed by atoms with E-state index in [4.69, 9.17) is 5.11 Å². The monoisotopic (exact) mass is 204 g/mol. The van der Waals surface area contributed by atoms with Crippen molar-refractivity contribution in [2.75, 3.05) is 0 Å². The van der Waals surface area contributed by atoms with Crippen LogP contribution in [0.2, 0.25) is 0 Å². The maximum atomic E-state index is 10.7. The first-order chi connectivity index (χ1) is 7.25. The lowest BCUT2D eigenvalue weighted by Crippen LogP contribution is -1.99. The number of aliphatic carboxylic acids is 1. The number of nitrogens with one attached hydrogen (secondary N) is 1. The Labute approximate surface area is 84.4 Å². The minimum absolute atomic E-state index is 0.0108. The molecule has 15 heavy (non-hydrogen) atoms. The molecule has 2 aromatic heterocycles. The number of fused-ring (bicyclic) bond motifs is 1. The molecular formula is C9H8N4O2. The van der Waals surface area contributed by atoms with E-state index in [2.05, 4.69) is 19.9 Å². The van der Waals surface area contributed by atoms with E-state index in [0.717, 1.165) is 5.52 Å². The van der Waals surface area contributed by atoms with Gasteiger partial charge in [-0.1, -0.05) is 0 Å². The highest BCUT2D eigenvalue weighted by molar-refractivity contribution is 5.76. The molecule has 0 radical (unpaired) electrons. The summed E-state index contributed by atoms with van der Waals surface area (Å²) >= 11 is 0. The largest absolute Gasteiger partial charge is 0.481 e. The third-order valence-electron chi connectivity index (χ3n) is 2.64. The van der Waals surface area contributed by atoms with Crippen LogP contribution in [-0.2, 0) is 4.79 Å². The van der Waals surface area contributed by atoms with Crippen molar-refractivity contribution in [3.8, 4) is 0 Å². The Kier molecular flexibility index (Phi) is 1.53. The fourth-order valence-corrected chi connectivity index (χ4v) is 1.73. The van der Waals surface area contributed by atoms with Gasteiger partial charge in [-0.25, -0.2) is 15.0 Å². The zero-order valence-electron chi connectivity index (χ0n) is 7.71. The molecule has 2 heterocycles. The zero-order valence-corrected chi connectivity index (χ0v) is 7.71. The Morgan fingerprint density at radius 2 is 2.47 bits per heavy atom. The third kappa shape index (κ3) is 1.25. The Morgan fingerprint density at radius 3 is 3.13 bits per heavy atom. The first kappa shape index (κ1) is 8.34. The second-order valence-electron chi connectivity index (χ2n) is 3.67. The van der Waals surface area contributed by atoms with Gasteiger partial charge in [0.15, 0.2) is 5.65 Å². The van der Waals surface area contributed by atoms with Gasteiger partial charge >= 0.3 is 5.97 Å². The minimum atomic E-state index is -0.758. The van der Waals surface area contributed by atoms with Crippen LogP contribution in [0.3, 0.4) is 0 Å². The molecule has 0 spiro atoms. The predicted octanol–water partition coefficient (Wildman–Crippen LogP) is 0.541. The maximum Gasteiger partial charge on any atom is 0.307 e. The van der Waals surface area contributed by atoms with Gasteiger partial charge in [-0.15, -0.1) is 0 Å². The molecule has 6 heteroatoms. The number of hydrogen-bond acceptors (Lipinski definition) is 4. The first-order valence-electron chi connectivity index (χ1n) is 4.64. The van der Waals surface area contributed by atoms with Crippen molar-refractivity contribution in [3.63, 3.8) is 0 Å². The van der Waals surface area contributed by atoms with Gasteiger partial charge in [-0.3, -0.25) is 4.79 Å². The molecule has 2 unspecified atom stereocenters. The van der Waals surface area contributed by atoms with Crippen molar-refractivity contribution in [2.24, 2.45) is 5.92 Å². The summed E-state index contributed by atoms with van der Waals surface area (Å²) in [6, 6.07) is 0. The van der Waals surface area contributed by atoms with Crippen LogP contribution in [0.15, 0.2) is 12.5 Å². The molecule has 0 amide bonds. The minimum Gasteiger partial charge on any atom is -0.481 e. The topological polar surface area (TPSA) is 91.8 Å². The second kappa shape index (κ2) is 2.75. The SMILES string of the molecule is O=C(O)C1CC1c1nc2ncncc2[nH]1. The smallest absolute Gasteiger partial charge is 0.307 e. The number of hydrogen-bond donors (Lipinski definition) is 2. The second-order valence-corrected chi connectivity index (χ2v) is 3.67. The molecule has 6 nitrogen and oxygen atoms in total. The molecule has 1 saturated carbocycles. The van der Waals surface area contributed by atoms with E-state index in [1.165, 1.54) is 6.33 Å². The number of nitrogens with zero attached hydrogens (tertiary/aromatic N) is 3. The molecule has 1 aliphatic carbocycles. The maximum absolute atomic E-state index is 10.7. The van der Waals surface area contributed by atoms with Gasteiger partial charge in [-0.05, 0) is 6.42 Å². The zero-order chi connectivity index (χ0) is 10.4. The molecular weight excluding hydrogens is 196 g/mol. The molecule has 76 valence electrons. The summed E-state index contributed by atoms with van der Waals surface area (Å²) in [5.41, 5.74) is 1.35. The lowest BCUT2D eigenvalue weighted by molar-refractivity contribution is -0.138. The van der Waals surface area contributed by atoms with E-state index in [1.807, 2.05) is 0 Å². The Bertz CT molecular complexity index is 503. The van der Waals surface area contributed by atoms with Gasteiger partial charge in [-0.2, -0.15) is 0 Å². The van der Waals surface area contributed by atoms with Crippen molar-refractivity contribution >= 4 is 17.1 Å². The number of carbonyl (C=O) groups is 1. The summed E-state index contributed by atoms with van der Waals surface area (Å²) < 4.78 is 0. The van der Waals surface area contributed by atoms with E-state index in [-0.39, 0.29) is 11.8 Å². The summed E-state index contributed by atoms with van der Waals surface area (Å²) in [6.07, 6.45) is 3.72. The van der Waals surface area contributed by atoms with Crippen LogP contribution in [-0.4, -0.2) is 31.0 Å². The van der Waals surface area contributed by atoms with Crippen molar-refractivity contribution in [3.05, 3.63) is 18.3 Å². The van der Waals surface area contributed by atoms with Gasteiger partial charge in [0.2, 0.25) is 0 Å². The Morgan fingerprint density at radius 1 is 1.60 bits per heavy atom. The van der Waals surface area contributed by atoms with Crippen molar-refractivity contribution in [1.82, 2.24) is 19.9 Å². The van der Waals surface area contributed by atoms with Crippen LogP contribution >= 0.6 is 0 Å². The van der Waals surface area contributed by atoms with Gasteiger partial charge in [0.05, 0.1) is 12.1 Å². The number of aromatic nitrogens is 4. The lowest BCUT2D eigenvalue weighted by Gasteiger charge is -1.89. The van der Waals surface area contributed by atoms with Crippen LogP contribution < -0.4 is 0 Å². The Balaban J connectivity index is 1.97. The molecule has 3 rings (SSSR count). The fourth-order valence-electron chi connectivity index (χ4n) is 1.73. The van der Waals surface area contributed by atoms with Crippen molar-refractivity contribution in [2.45, 2.75) is 12.3 Å². The highest BCUT2D eigenvalue weighted by atomic mass is 16.4. The number of carboxylic acid groups (broad SMARTS) is 1. The average Bonchev–Trinajstić information content (AvgIpc) is 2.91. The van der Waals surface area contributed by atoms with Crippen LogP contribution in [0.4, 0.5) is 0 Å². The molecule has 2 N–H and O–H groups in total. The summed E-state index contributed by atoms with van der Waals surface area (Å²) in [4.78, 5) is 25.8. The van der Waals surface area contributed by atoms with Gasteiger partial charge in [0.1, 0.15) is 17.7 Å². The number of aromatic amines is 1. The predicted molar refractivity (Wildman–Crippen MR) is 50.2 cm³/mol. The Hall–Kier alpha value is -1.98. The van der Waals surface area contributed by atoms with Crippen LogP contribution in [0.25, 0.3) is 11.2 Å². The number of rotatable bonds is 2. The van der Waals surface area contributed by atoms with Crippen molar-refractivity contribution in [1.29, 1.82) is 0 Å². The molecule has 1 aliphatic rings. The van der Waals surface area contributed by atoms with E-state index >= 15 is 0 Å². The molecule has 2 atom stereocenters. The normalized spacial score (nSPS) is 24.3. The van der Waals surface area contributed by atoms with Crippen molar-refractivity contribution < 1.29 is 9.90 Å². The number of imidazole rings is 1. The fraction of sp³-hybridized carbons (Fsp3) is 0.333. The summed E-state index contributed by atoms with van der Waals surface area (Å²) in [7, 11) is 0. The van der Waals surface area contributed by atoms with Gasteiger partial charge < -0.3 is 10.1 Å². The average molecular weight is 204 g/mol. The molecule has 2 aromatic rings. The standard InChI is InChI=1S/C9H8N4O2/c14-9(15)5-1-4(5)7-12-6-2-10-3-11-8(6)13-7/h2-5H,1H2,(H,14,15)(H,10,11,12,13). The number of carboxylic acids is 1. The van der Waals surface area contributed by atoms with Crippen LogP contribution in [0.1, 0.15) is 18.2 Å². The van der Waals surface area contributed by atoms with E-state index in [1.54, 1.807) is 6.20 Å². The quantitative estimate of drug-likeness (QED) is 0.744. The van der Waals surface area contributed by atoms with E-state index < -0.39 is 5.97 Å². The van der Waals surface area contributed by atoms with Gasteiger partial charge in [0, 0.05) is 5.92 Å². The van der Waals surface area contributed by atoms with Gasteiger partial charge in [0.25, 0.3) is 0 Å². The van der Waals surface area contributed by atoms with E-state index in [9.17, 15) is 4.79 Å².